The summed E-state index contributed by atoms with van der Waals surface area (Å²) < 4.78 is 5.20. The van der Waals surface area contributed by atoms with Gasteiger partial charge in [-0.25, -0.2) is 0 Å². The van der Waals surface area contributed by atoms with Crippen LogP contribution in [0, 0.1) is 18.8 Å². The van der Waals surface area contributed by atoms with E-state index in [4.69, 9.17) is 4.52 Å². The van der Waals surface area contributed by atoms with Crippen molar-refractivity contribution in [1.29, 1.82) is 0 Å². The predicted octanol–water partition coefficient (Wildman–Crippen LogP) is 1.26. The van der Waals surface area contributed by atoms with Crippen molar-refractivity contribution in [1.82, 2.24) is 15.0 Å². The van der Waals surface area contributed by atoms with Crippen molar-refractivity contribution >= 4 is 0 Å². The Morgan fingerprint density at radius 2 is 2.20 bits per heavy atom. The van der Waals surface area contributed by atoms with Crippen LogP contribution in [0.4, 0.5) is 0 Å². The maximum Gasteiger partial charge on any atom is 0.226 e. The molecule has 0 spiro atoms. The molecule has 0 N–H and O–H groups in total. The number of nitrogens with zero attached hydrogens (tertiary/aromatic N) is 3. The van der Waals surface area contributed by atoms with E-state index in [9.17, 15) is 0 Å². The van der Waals surface area contributed by atoms with Gasteiger partial charge in [-0.15, -0.1) is 0 Å². The fourth-order valence-corrected chi connectivity index (χ4v) is 2.97. The second-order valence-electron chi connectivity index (χ2n) is 4.84. The zero-order chi connectivity index (χ0) is 10.3. The summed E-state index contributed by atoms with van der Waals surface area (Å²) in [6, 6.07) is 0. The molecule has 4 heterocycles. The second kappa shape index (κ2) is 3.59. The first-order chi connectivity index (χ1) is 7.31. The maximum atomic E-state index is 5.20. The first-order valence-corrected chi connectivity index (χ1v) is 5.83. The van der Waals surface area contributed by atoms with Crippen molar-refractivity contribution in [3.8, 4) is 0 Å². The van der Waals surface area contributed by atoms with Gasteiger partial charge in [0.1, 0.15) is 0 Å². The smallest absolute Gasteiger partial charge is 0.226 e. The Bertz CT molecular complexity index is 341. The number of piperidine rings is 3. The molecule has 3 saturated heterocycles. The molecular formula is C11H17N3O. The lowest BCUT2D eigenvalue weighted by Crippen LogP contribution is -2.48. The van der Waals surface area contributed by atoms with E-state index in [-0.39, 0.29) is 0 Å². The van der Waals surface area contributed by atoms with Crippen LogP contribution in [0.25, 0.3) is 0 Å². The van der Waals surface area contributed by atoms with E-state index in [1.165, 1.54) is 32.5 Å². The van der Waals surface area contributed by atoms with Crippen molar-refractivity contribution in [3.05, 3.63) is 11.7 Å². The average molecular weight is 207 g/mol. The lowest BCUT2D eigenvalue weighted by molar-refractivity contribution is 0.0473. The van der Waals surface area contributed by atoms with Gasteiger partial charge in [0.25, 0.3) is 0 Å². The Kier molecular flexibility index (Phi) is 2.24. The molecule has 3 aliphatic heterocycles. The quantitative estimate of drug-likeness (QED) is 0.732. The Hall–Kier alpha value is -0.900. The van der Waals surface area contributed by atoms with Crippen molar-refractivity contribution in [2.75, 3.05) is 19.6 Å². The van der Waals surface area contributed by atoms with Crippen LogP contribution in [-0.2, 0) is 6.42 Å². The van der Waals surface area contributed by atoms with Crippen LogP contribution < -0.4 is 0 Å². The molecule has 1 unspecified atom stereocenters. The van der Waals surface area contributed by atoms with Crippen LogP contribution in [0.15, 0.2) is 4.52 Å². The predicted molar refractivity (Wildman–Crippen MR) is 55.4 cm³/mol. The van der Waals surface area contributed by atoms with Crippen molar-refractivity contribution in [2.45, 2.75) is 26.2 Å². The van der Waals surface area contributed by atoms with Crippen molar-refractivity contribution in [2.24, 2.45) is 11.8 Å². The minimum atomic E-state index is 0.743. The molecule has 2 bridgehead atoms. The van der Waals surface area contributed by atoms with Gasteiger partial charge in [-0.3, -0.25) is 0 Å². The summed E-state index contributed by atoms with van der Waals surface area (Å²) in [4.78, 5) is 6.86. The number of hydrogen-bond acceptors (Lipinski definition) is 4. The minimum absolute atomic E-state index is 0.743. The fourth-order valence-electron chi connectivity index (χ4n) is 2.97. The highest BCUT2D eigenvalue weighted by Crippen LogP contribution is 2.33. The largest absolute Gasteiger partial charge is 0.339 e. The molecule has 3 fully saturated rings. The summed E-state index contributed by atoms with van der Waals surface area (Å²) in [5, 5.41) is 3.84. The summed E-state index contributed by atoms with van der Waals surface area (Å²) in [6.07, 6.45) is 3.69. The lowest BCUT2D eigenvalue weighted by atomic mass is 9.77. The number of fused-ring (bicyclic) bond motifs is 3. The third-order valence-corrected chi connectivity index (χ3v) is 3.80. The third kappa shape index (κ3) is 1.78. The Balaban J connectivity index is 1.68. The molecule has 1 aromatic heterocycles. The van der Waals surface area contributed by atoms with Gasteiger partial charge in [-0.2, -0.15) is 4.98 Å². The zero-order valence-electron chi connectivity index (χ0n) is 9.15. The van der Waals surface area contributed by atoms with Crippen LogP contribution >= 0.6 is 0 Å². The molecule has 0 radical (unpaired) electrons. The molecule has 82 valence electrons. The molecule has 0 saturated carbocycles. The topological polar surface area (TPSA) is 42.2 Å². The van der Waals surface area contributed by atoms with Crippen LogP contribution in [0.5, 0.6) is 0 Å². The highest BCUT2D eigenvalue weighted by atomic mass is 16.5. The molecule has 4 heteroatoms. The second-order valence-corrected chi connectivity index (χ2v) is 4.84. The van der Waals surface area contributed by atoms with Gasteiger partial charge >= 0.3 is 0 Å². The van der Waals surface area contributed by atoms with Crippen LogP contribution in [-0.4, -0.2) is 34.7 Å². The monoisotopic (exact) mass is 207 g/mol. The summed E-state index contributed by atoms with van der Waals surface area (Å²) in [5.74, 6) is 3.21. The minimum Gasteiger partial charge on any atom is -0.339 e. The molecule has 4 rings (SSSR count). The molecule has 4 nitrogen and oxygen atoms in total. The van der Waals surface area contributed by atoms with Crippen molar-refractivity contribution in [3.63, 3.8) is 0 Å². The van der Waals surface area contributed by atoms with Crippen LogP contribution in [0.3, 0.4) is 0 Å². The Morgan fingerprint density at radius 3 is 2.73 bits per heavy atom. The normalized spacial score (nSPS) is 34.6. The van der Waals surface area contributed by atoms with E-state index < -0.39 is 0 Å². The maximum absolute atomic E-state index is 5.20. The third-order valence-electron chi connectivity index (χ3n) is 3.80. The highest BCUT2D eigenvalue weighted by molar-refractivity contribution is 4.93. The molecule has 1 aromatic rings. The Labute approximate surface area is 89.6 Å². The van der Waals surface area contributed by atoms with Crippen molar-refractivity contribution < 1.29 is 4.52 Å². The molecule has 0 amide bonds. The molecule has 1 atom stereocenters. The van der Waals surface area contributed by atoms with E-state index in [0.29, 0.717) is 0 Å². The highest BCUT2D eigenvalue weighted by Gasteiger charge is 2.34. The van der Waals surface area contributed by atoms with Gasteiger partial charge in [0.2, 0.25) is 5.89 Å². The number of rotatable bonds is 2. The van der Waals surface area contributed by atoms with E-state index in [2.05, 4.69) is 15.0 Å². The van der Waals surface area contributed by atoms with Crippen LogP contribution in [0.1, 0.15) is 24.6 Å². The summed E-state index contributed by atoms with van der Waals surface area (Å²) in [6.45, 7) is 5.70. The fraction of sp³-hybridized carbons (Fsp3) is 0.818. The van der Waals surface area contributed by atoms with E-state index >= 15 is 0 Å². The van der Waals surface area contributed by atoms with E-state index in [1.54, 1.807) is 0 Å². The average Bonchev–Trinajstić information content (AvgIpc) is 2.66. The number of aromatic nitrogens is 2. The molecular weight excluding hydrogens is 190 g/mol. The van der Waals surface area contributed by atoms with Gasteiger partial charge in [0, 0.05) is 13.0 Å². The summed E-state index contributed by atoms with van der Waals surface area (Å²) in [5.41, 5.74) is 0. The zero-order valence-corrected chi connectivity index (χ0v) is 9.15. The van der Waals surface area contributed by atoms with Gasteiger partial charge in [-0.1, -0.05) is 5.16 Å². The number of hydrogen-bond donors (Lipinski definition) is 0. The Morgan fingerprint density at radius 1 is 1.40 bits per heavy atom. The van der Waals surface area contributed by atoms with Gasteiger partial charge in [0.05, 0.1) is 0 Å². The lowest BCUT2D eigenvalue weighted by Gasteiger charge is -2.44. The van der Waals surface area contributed by atoms with E-state index in [0.717, 1.165) is 30.0 Å². The first-order valence-electron chi connectivity index (χ1n) is 5.83. The molecule has 0 aliphatic carbocycles. The standard InChI is InChI=1S/C11H17N3O/c1-8-12-11(15-13-8)6-10-7-14-4-2-9(10)3-5-14/h9-10H,2-7H2,1H3. The summed E-state index contributed by atoms with van der Waals surface area (Å²) >= 11 is 0. The van der Waals surface area contributed by atoms with E-state index in [1.807, 2.05) is 6.92 Å². The van der Waals surface area contributed by atoms with Gasteiger partial charge in [0.15, 0.2) is 5.82 Å². The van der Waals surface area contributed by atoms with Gasteiger partial charge < -0.3 is 9.42 Å². The van der Waals surface area contributed by atoms with Crippen LogP contribution in [0.2, 0.25) is 0 Å². The molecule has 3 aliphatic rings. The molecule has 0 aromatic carbocycles. The van der Waals surface area contributed by atoms with Gasteiger partial charge in [-0.05, 0) is 44.7 Å². The SMILES string of the molecule is Cc1noc(CC2CN3CCC2CC3)n1. The first kappa shape index (κ1) is 9.33. The summed E-state index contributed by atoms with van der Waals surface area (Å²) in [7, 11) is 0. The molecule has 15 heavy (non-hydrogen) atoms. The number of aryl methyl sites for hydroxylation is 1.